The predicted molar refractivity (Wildman–Crippen MR) is 84.9 cm³/mol. The maximum Gasteiger partial charge on any atom is 0.0566 e. The fourth-order valence-electron chi connectivity index (χ4n) is 2.36. The van der Waals surface area contributed by atoms with Gasteiger partial charge in [0.2, 0.25) is 0 Å². The lowest BCUT2D eigenvalue weighted by molar-refractivity contribution is 1.48. The van der Waals surface area contributed by atoms with E-state index in [2.05, 4.69) is 64.3 Å². The average Bonchev–Trinajstić information content (AvgIpc) is 3.18. The molecule has 0 fully saturated rings. The van der Waals surface area contributed by atoms with Crippen molar-refractivity contribution in [3.05, 3.63) is 59.3 Å². The number of aromatic nitrogens is 1. The van der Waals surface area contributed by atoms with Gasteiger partial charge in [-0.2, -0.15) is 0 Å². The Morgan fingerprint density at radius 2 is 1.58 bits per heavy atom. The van der Waals surface area contributed by atoms with Crippen LogP contribution in [0.3, 0.4) is 0 Å². The van der Waals surface area contributed by atoms with E-state index >= 15 is 0 Å². The molecule has 3 heterocycles. The highest BCUT2D eigenvalue weighted by Crippen LogP contribution is 2.34. The molecule has 19 heavy (non-hydrogen) atoms. The summed E-state index contributed by atoms with van der Waals surface area (Å²) in [6.07, 6.45) is 0. The Balaban J connectivity index is 1.97. The quantitative estimate of drug-likeness (QED) is 0.490. The first-order valence-electron chi connectivity index (χ1n) is 6.11. The van der Waals surface area contributed by atoms with Crippen LogP contribution >= 0.6 is 22.7 Å². The Hall–Kier alpha value is -1.84. The van der Waals surface area contributed by atoms with Gasteiger partial charge in [0, 0.05) is 15.8 Å². The number of fused-ring (bicyclic) bond motifs is 1. The minimum atomic E-state index is 1.20. The number of H-pyrrole nitrogens is 1. The van der Waals surface area contributed by atoms with E-state index in [1.807, 2.05) is 0 Å². The highest BCUT2D eigenvalue weighted by molar-refractivity contribution is 7.13. The van der Waals surface area contributed by atoms with E-state index in [9.17, 15) is 0 Å². The normalized spacial score (nSPS) is 11.2. The van der Waals surface area contributed by atoms with E-state index in [0.29, 0.717) is 0 Å². The SMILES string of the molecule is c1csc(-c2cc3cccc(-c4cccs4)c3[nH]2)c1. The summed E-state index contributed by atoms with van der Waals surface area (Å²) in [5, 5.41) is 5.51. The third kappa shape index (κ3) is 1.82. The first-order valence-corrected chi connectivity index (χ1v) is 7.87. The van der Waals surface area contributed by atoms with Crippen molar-refractivity contribution in [2.75, 3.05) is 0 Å². The molecule has 0 radical (unpaired) electrons. The van der Waals surface area contributed by atoms with E-state index in [4.69, 9.17) is 0 Å². The standard InChI is InChI=1S/C16H11NS2/c1-4-11-10-13(15-7-3-9-19-15)17-16(11)12(5-1)14-6-2-8-18-14/h1-10,17H. The Labute approximate surface area is 119 Å². The number of para-hydroxylation sites is 1. The van der Waals surface area contributed by atoms with Crippen molar-refractivity contribution < 1.29 is 0 Å². The fraction of sp³-hybridized carbons (Fsp3) is 0. The molecule has 0 atom stereocenters. The summed E-state index contributed by atoms with van der Waals surface area (Å²) in [4.78, 5) is 6.17. The van der Waals surface area contributed by atoms with Gasteiger partial charge >= 0.3 is 0 Å². The summed E-state index contributed by atoms with van der Waals surface area (Å²) in [6, 6.07) is 17.2. The van der Waals surface area contributed by atoms with E-state index in [1.54, 1.807) is 22.7 Å². The lowest BCUT2D eigenvalue weighted by Gasteiger charge is -1.99. The average molecular weight is 281 g/mol. The van der Waals surface area contributed by atoms with E-state index in [-0.39, 0.29) is 0 Å². The number of hydrogen-bond acceptors (Lipinski definition) is 2. The lowest BCUT2D eigenvalue weighted by atomic mass is 10.1. The van der Waals surface area contributed by atoms with Gasteiger partial charge in [-0.05, 0) is 29.0 Å². The topological polar surface area (TPSA) is 15.8 Å². The maximum atomic E-state index is 3.57. The van der Waals surface area contributed by atoms with Gasteiger partial charge in [-0.1, -0.05) is 30.3 Å². The van der Waals surface area contributed by atoms with Crippen LogP contribution in [0.4, 0.5) is 0 Å². The highest BCUT2D eigenvalue weighted by atomic mass is 32.1. The number of benzene rings is 1. The first-order chi connectivity index (χ1) is 9.42. The van der Waals surface area contributed by atoms with Crippen LogP contribution in [0, 0.1) is 0 Å². The van der Waals surface area contributed by atoms with Gasteiger partial charge in [-0.3, -0.25) is 0 Å². The van der Waals surface area contributed by atoms with E-state index in [0.717, 1.165) is 0 Å². The number of rotatable bonds is 2. The van der Waals surface area contributed by atoms with Gasteiger partial charge in [0.15, 0.2) is 0 Å². The maximum absolute atomic E-state index is 3.57. The molecule has 92 valence electrons. The third-order valence-corrected chi connectivity index (χ3v) is 5.04. The molecule has 1 nitrogen and oxygen atoms in total. The zero-order valence-electron chi connectivity index (χ0n) is 10.1. The number of thiophene rings is 2. The second-order valence-electron chi connectivity index (χ2n) is 4.41. The Morgan fingerprint density at radius 3 is 2.32 bits per heavy atom. The molecule has 1 aromatic carbocycles. The van der Waals surface area contributed by atoms with Gasteiger partial charge in [-0.25, -0.2) is 0 Å². The molecular formula is C16H11NS2. The van der Waals surface area contributed by atoms with Crippen molar-refractivity contribution >= 4 is 33.6 Å². The molecule has 0 bridgehead atoms. The van der Waals surface area contributed by atoms with E-state index < -0.39 is 0 Å². The van der Waals surface area contributed by atoms with Gasteiger partial charge in [0.25, 0.3) is 0 Å². The minimum Gasteiger partial charge on any atom is -0.353 e. The third-order valence-electron chi connectivity index (χ3n) is 3.23. The smallest absolute Gasteiger partial charge is 0.0566 e. The molecule has 4 rings (SSSR count). The Kier molecular flexibility index (Phi) is 2.53. The summed E-state index contributed by atoms with van der Waals surface area (Å²) in [6.45, 7) is 0. The molecule has 3 aromatic heterocycles. The van der Waals surface area contributed by atoms with Gasteiger partial charge in [0.1, 0.15) is 0 Å². The lowest BCUT2D eigenvalue weighted by Crippen LogP contribution is -1.76. The van der Waals surface area contributed by atoms with E-state index in [1.165, 1.54) is 31.9 Å². The fourth-order valence-corrected chi connectivity index (χ4v) is 3.81. The van der Waals surface area contributed by atoms with Gasteiger partial charge < -0.3 is 4.98 Å². The Bertz CT molecular complexity index is 808. The highest BCUT2D eigenvalue weighted by Gasteiger charge is 2.09. The first kappa shape index (κ1) is 11.0. The van der Waals surface area contributed by atoms with Crippen LogP contribution in [0.5, 0.6) is 0 Å². The molecule has 0 aliphatic rings. The molecule has 3 heteroatoms. The van der Waals surface area contributed by atoms with Crippen molar-refractivity contribution in [2.24, 2.45) is 0 Å². The zero-order valence-corrected chi connectivity index (χ0v) is 11.7. The van der Waals surface area contributed by atoms with Crippen LogP contribution in [0.25, 0.3) is 31.9 Å². The summed E-state index contributed by atoms with van der Waals surface area (Å²) in [5.41, 5.74) is 3.72. The van der Waals surface area contributed by atoms with Crippen molar-refractivity contribution in [1.29, 1.82) is 0 Å². The van der Waals surface area contributed by atoms with Gasteiger partial charge in [0.05, 0.1) is 16.1 Å². The van der Waals surface area contributed by atoms with Crippen LogP contribution in [0.15, 0.2) is 59.3 Å². The van der Waals surface area contributed by atoms with Crippen molar-refractivity contribution in [1.82, 2.24) is 4.98 Å². The van der Waals surface area contributed by atoms with Crippen LogP contribution in [0.2, 0.25) is 0 Å². The number of nitrogens with one attached hydrogen (secondary N) is 1. The molecule has 0 aliphatic carbocycles. The van der Waals surface area contributed by atoms with Crippen LogP contribution in [-0.2, 0) is 0 Å². The Morgan fingerprint density at radius 1 is 0.789 bits per heavy atom. The van der Waals surface area contributed by atoms with Crippen LogP contribution in [-0.4, -0.2) is 4.98 Å². The number of hydrogen-bond donors (Lipinski definition) is 1. The predicted octanol–water partition coefficient (Wildman–Crippen LogP) is 5.62. The summed E-state index contributed by atoms with van der Waals surface area (Å²) in [5.74, 6) is 0. The van der Waals surface area contributed by atoms with Crippen LogP contribution < -0.4 is 0 Å². The largest absolute Gasteiger partial charge is 0.353 e. The van der Waals surface area contributed by atoms with Crippen molar-refractivity contribution in [2.45, 2.75) is 0 Å². The monoisotopic (exact) mass is 281 g/mol. The molecule has 0 saturated carbocycles. The molecule has 4 aromatic rings. The molecule has 0 unspecified atom stereocenters. The van der Waals surface area contributed by atoms with Crippen LogP contribution in [0.1, 0.15) is 0 Å². The van der Waals surface area contributed by atoms with Crippen molar-refractivity contribution in [3.8, 4) is 21.0 Å². The summed E-state index contributed by atoms with van der Waals surface area (Å²) >= 11 is 3.55. The second-order valence-corrected chi connectivity index (χ2v) is 6.30. The molecule has 0 aliphatic heterocycles. The number of aromatic amines is 1. The van der Waals surface area contributed by atoms with Crippen molar-refractivity contribution in [3.63, 3.8) is 0 Å². The molecular weight excluding hydrogens is 270 g/mol. The molecule has 0 spiro atoms. The molecule has 0 amide bonds. The molecule has 0 saturated heterocycles. The molecule has 1 N–H and O–H groups in total. The summed E-state index contributed by atoms with van der Waals surface area (Å²) < 4.78 is 0. The summed E-state index contributed by atoms with van der Waals surface area (Å²) in [7, 11) is 0. The second kappa shape index (κ2) is 4.37. The zero-order chi connectivity index (χ0) is 12.7. The van der Waals surface area contributed by atoms with Gasteiger partial charge in [-0.15, -0.1) is 22.7 Å². The minimum absolute atomic E-state index is 1.20.